The first-order valence-corrected chi connectivity index (χ1v) is 12.7. The average molecular weight is 426 g/mol. The molecule has 1 saturated heterocycles. The lowest BCUT2D eigenvalue weighted by molar-refractivity contribution is -0.187. The van der Waals surface area contributed by atoms with Gasteiger partial charge in [-0.3, -0.25) is 9.69 Å². The Morgan fingerprint density at radius 2 is 2.03 bits per heavy atom. The van der Waals surface area contributed by atoms with Crippen LogP contribution in [0.4, 0.5) is 0 Å². The molecule has 5 rings (SSSR count). The molecule has 0 spiro atoms. The van der Waals surface area contributed by atoms with Gasteiger partial charge in [-0.25, -0.2) is 0 Å². The van der Waals surface area contributed by atoms with Gasteiger partial charge < -0.3 is 9.47 Å². The molecule has 0 aromatic heterocycles. The summed E-state index contributed by atoms with van der Waals surface area (Å²) in [5.74, 6) is 2.24. The fourth-order valence-electron chi connectivity index (χ4n) is 6.94. The van der Waals surface area contributed by atoms with Gasteiger partial charge in [-0.1, -0.05) is 32.3 Å². The van der Waals surface area contributed by atoms with E-state index in [-0.39, 0.29) is 11.0 Å². The highest BCUT2D eigenvalue weighted by Gasteiger charge is 2.66. The summed E-state index contributed by atoms with van der Waals surface area (Å²) >= 11 is 0. The number of methoxy groups -OCH3 is 1. The van der Waals surface area contributed by atoms with Crippen molar-refractivity contribution in [1.29, 1.82) is 0 Å². The number of carbonyl (C=O) groups is 1. The summed E-state index contributed by atoms with van der Waals surface area (Å²) in [6.07, 6.45) is 11.8. The minimum atomic E-state index is -0.249. The molecule has 0 N–H and O–H groups in total. The number of rotatable bonds is 9. The second kappa shape index (κ2) is 8.51. The van der Waals surface area contributed by atoms with Crippen molar-refractivity contribution in [3.05, 3.63) is 29.3 Å². The zero-order chi connectivity index (χ0) is 21.5. The molecule has 1 aliphatic heterocycles. The molecule has 0 amide bonds. The molecule has 4 nitrogen and oxygen atoms in total. The van der Waals surface area contributed by atoms with Crippen molar-refractivity contribution in [1.82, 2.24) is 4.90 Å². The molecule has 1 aromatic carbocycles. The topological polar surface area (TPSA) is 38.8 Å². The minimum absolute atomic E-state index is 0.197. The first kappa shape index (κ1) is 21.5. The predicted molar refractivity (Wildman–Crippen MR) is 123 cm³/mol. The van der Waals surface area contributed by atoms with Crippen molar-refractivity contribution in [2.75, 3.05) is 26.8 Å². The van der Waals surface area contributed by atoms with Gasteiger partial charge in [0.2, 0.25) is 0 Å². The molecule has 4 aliphatic rings. The van der Waals surface area contributed by atoms with E-state index in [0.717, 1.165) is 50.5 Å². The monoisotopic (exact) mass is 425 g/mol. The number of hydrogen-bond acceptors (Lipinski definition) is 4. The van der Waals surface area contributed by atoms with Crippen LogP contribution in [-0.4, -0.2) is 49.1 Å². The van der Waals surface area contributed by atoms with E-state index in [4.69, 9.17) is 9.47 Å². The van der Waals surface area contributed by atoms with Crippen LogP contribution >= 0.6 is 0 Å². The summed E-state index contributed by atoms with van der Waals surface area (Å²) in [5, 5.41) is 0. The van der Waals surface area contributed by atoms with Crippen LogP contribution in [0.2, 0.25) is 0 Å². The van der Waals surface area contributed by atoms with Crippen molar-refractivity contribution in [2.24, 2.45) is 5.92 Å². The normalized spacial score (nSPS) is 32.5. The number of likely N-dealkylation sites (tertiary alicyclic amines) is 1. The fourth-order valence-corrected chi connectivity index (χ4v) is 6.94. The third kappa shape index (κ3) is 3.64. The van der Waals surface area contributed by atoms with E-state index in [9.17, 15) is 4.79 Å². The lowest BCUT2D eigenvalue weighted by Crippen LogP contribution is -2.74. The molecule has 3 aliphatic carbocycles. The van der Waals surface area contributed by atoms with Crippen LogP contribution in [0, 0.1) is 5.92 Å². The molecule has 1 aromatic rings. The summed E-state index contributed by atoms with van der Waals surface area (Å²) in [6.45, 7) is 5.30. The highest BCUT2D eigenvalue weighted by Crippen LogP contribution is 2.59. The van der Waals surface area contributed by atoms with Crippen LogP contribution in [0.5, 0.6) is 5.75 Å². The second-order valence-corrected chi connectivity index (χ2v) is 10.5. The summed E-state index contributed by atoms with van der Waals surface area (Å²) in [7, 11) is 1.90. The van der Waals surface area contributed by atoms with E-state index < -0.39 is 0 Å². The Morgan fingerprint density at radius 3 is 2.81 bits per heavy atom. The fraction of sp³-hybridized carbons (Fsp3) is 0.741. The summed E-state index contributed by atoms with van der Waals surface area (Å²) in [6, 6.07) is 7.09. The van der Waals surface area contributed by atoms with Gasteiger partial charge in [-0.15, -0.1) is 0 Å². The van der Waals surface area contributed by atoms with E-state index in [1.165, 1.54) is 49.8 Å². The third-order valence-electron chi connectivity index (χ3n) is 8.72. The summed E-state index contributed by atoms with van der Waals surface area (Å²) < 4.78 is 12.7. The number of piperidine rings is 1. The number of Topliss-reactive ketones (excluding diaryl/α,β-unsaturated/α-hetero) is 1. The maximum atomic E-state index is 12.8. The van der Waals surface area contributed by atoms with Crippen LogP contribution < -0.4 is 4.74 Å². The molecule has 2 saturated carbocycles. The number of benzene rings is 1. The molecular formula is C27H39NO3. The van der Waals surface area contributed by atoms with Gasteiger partial charge in [0.15, 0.2) is 0 Å². The van der Waals surface area contributed by atoms with Gasteiger partial charge in [0.25, 0.3) is 0 Å². The molecule has 31 heavy (non-hydrogen) atoms. The molecule has 3 atom stereocenters. The molecular weight excluding hydrogens is 386 g/mol. The SMILES string of the molecule is CCCCCCOc1ccc2c(c1)[C@@]13CCN(CC4CC4)C(C2)[C@]1(OC)CCC(=O)C3. The number of fused-ring (bicyclic) bond motifs is 1. The number of carbonyl (C=O) groups excluding carboxylic acids is 1. The first-order valence-electron chi connectivity index (χ1n) is 12.7. The highest BCUT2D eigenvalue weighted by atomic mass is 16.5. The Kier molecular flexibility index (Phi) is 5.89. The number of hydrogen-bond donors (Lipinski definition) is 0. The lowest BCUT2D eigenvalue weighted by Gasteiger charge is -2.65. The smallest absolute Gasteiger partial charge is 0.134 e. The summed E-state index contributed by atoms with van der Waals surface area (Å²) in [4.78, 5) is 15.5. The van der Waals surface area contributed by atoms with Crippen LogP contribution in [0.25, 0.3) is 0 Å². The van der Waals surface area contributed by atoms with Crippen molar-refractivity contribution in [3.8, 4) is 5.75 Å². The number of ether oxygens (including phenoxy) is 2. The van der Waals surface area contributed by atoms with Crippen LogP contribution in [0.1, 0.15) is 82.3 Å². The Balaban J connectivity index is 1.47. The van der Waals surface area contributed by atoms with E-state index in [2.05, 4.69) is 30.0 Å². The number of nitrogens with zero attached hydrogens (tertiary/aromatic N) is 1. The molecule has 3 fully saturated rings. The maximum Gasteiger partial charge on any atom is 0.134 e. The van der Waals surface area contributed by atoms with Crippen molar-refractivity contribution in [2.45, 2.75) is 94.6 Å². The maximum absolute atomic E-state index is 12.8. The Labute approximate surface area is 187 Å². The standard InChI is InChI=1S/C27H39NO3/c1-3-4-5-6-15-31-23-10-9-21-16-25-27(30-2)12-11-22(29)18-26(27,24(21)17-23)13-14-28(25)19-20-7-8-20/h9-10,17,20,25H,3-8,11-16,18-19H2,1-2H3/t25?,26-,27+/m0/s1. The van der Waals surface area contributed by atoms with Gasteiger partial charge >= 0.3 is 0 Å². The van der Waals surface area contributed by atoms with E-state index in [0.29, 0.717) is 24.7 Å². The van der Waals surface area contributed by atoms with Gasteiger partial charge in [-0.05, 0) is 74.2 Å². The molecule has 4 heteroatoms. The van der Waals surface area contributed by atoms with Crippen LogP contribution in [0.3, 0.4) is 0 Å². The molecule has 2 bridgehead atoms. The third-order valence-corrected chi connectivity index (χ3v) is 8.72. The highest BCUT2D eigenvalue weighted by molar-refractivity contribution is 5.82. The zero-order valence-electron chi connectivity index (χ0n) is 19.5. The number of unbranched alkanes of at least 4 members (excludes halogenated alkanes) is 3. The van der Waals surface area contributed by atoms with Gasteiger partial charge in [0.05, 0.1) is 12.2 Å². The van der Waals surface area contributed by atoms with E-state index in [1.54, 1.807) is 0 Å². The Hall–Kier alpha value is -1.39. The first-order chi connectivity index (χ1) is 15.1. The molecule has 0 radical (unpaired) electrons. The van der Waals surface area contributed by atoms with Crippen molar-refractivity contribution in [3.63, 3.8) is 0 Å². The second-order valence-electron chi connectivity index (χ2n) is 10.5. The van der Waals surface area contributed by atoms with E-state index >= 15 is 0 Å². The molecule has 1 heterocycles. The minimum Gasteiger partial charge on any atom is -0.494 e. The lowest BCUT2D eigenvalue weighted by atomic mass is 9.49. The predicted octanol–water partition coefficient (Wildman–Crippen LogP) is 5.06. The summed E-state index contributed by atoms with van der Waals surface area (Å²) in [5.41, 5.74) is 2.31. The zero-order valence-corrected chi connectivity index (χ0v) is 19.5. The Morgan fingerprint density at radius 1 is 1.16 bits per heavy atom. The molecule has 170 valence electrons. The Bertz CT molecular complexity index is 819. The van der Waals surface area contributed by atoms with Crippen molar-refractivity contribution >= 4 is 5.78 Å². The van der Waals surface area contributed by atoms with Gasteiger partial charge in [0, 0.05) is 38.0 Å². The quantitative estimate of drug-likeness (QED) is 0.518. The van der Waals surface area contributed by atoms with Crippen LogP contribution in [-0.2, 0) is 21.4 Å². The number of ketones is 1. The average Bonchev–Trinajstić information content (AvgIpc) is 3.60. The largest absolute Gasteiger partial charge is 0.494 e. The van der Waals surface area contributed by atoms with E-state index in [1.807, 2.05) is 7.11 Å². The van der Waals surface area contributed by atoms with Gasteiger partial charge in [0.1, 0.15) is 11.5 Å². The van der Waals surface area contributed by atoms with Crippen LogP contribution in [0.15, 0.2) is 18.2 Å². The molecule has 1 unspecified atom stereocenters. The van der Waals surface area contributed by atoms with Gasteiger partial charge in [-0.2, -0.15) is 0 Å². The van der Waals surface area contributed by atoms with Crippen molar-refractivity contribution < 1.29 is 14.3 Å².